The van der Waals surface area contributed by atoms with Crippen molar-refractivity contribution in [2.24, 2.45) is 5.73 Å². The summed E-state index contributed by atoms with van der Waals surface area (Å²) in [6.45, 7) is 3.98. The van der Waals surface area contributed by atoms with Crippen LogP contribution in [0.1, 0.15) is 24.2 Å². The SMILES string of the molecule is Cc1nc(COc2c(Br)cccc2CC(C)N)no1. The second-order valence-electron chi connectivity index (χ2n) is 4.43. The van der Waals surface area contributed by atoms with Gasteiger partial charge in [-0.2, -0.15) is 4.98 Å². The third kappa shape index (κ3) is 3.78. The minimum Gasteiger partial charge on any atom is -0.484 e. The Morgan fingerprint density at radius 3 is 2.89 bits per heavy atom. The van der Waals surface area contributed by atoms with Crippen molar-refractivity contribution in [2.45, 2.75) is 32.9 Å². The van der Waals surface area contributed by atoms with E-state index in [-0.39, 0.29) is 12.6 Å². The molecule has 0 saturated carbocycles. The van der Waals surface area contributed by atoms with Crippen LogP contribution in [0.4, 0.5) is 0 Å². The summed E-state index contributed by atoms with van der Waals surface area (Å²) in [6, 6.07) is 5.98. The van der Waals surface area contributed by atoms with E-state index in [1.165, 1.54) is 0 Å². The van der Waals surface area contributed by atoms with E-state index in [1.54, 1.807) is 6.92 Å². The van der Waals surface area contributed by atoms with Crippen molar-refractivity contribution in [3.05, 3.63) is 40.0 Å². The highest BCUT2D eigenvalue weighted by molar-refractivity contribution is 9.10. The largest absolute Gasteiger partial charge is 0.484 e. The van der Waals surface area contributed by atoms with Gasteiger partial charge in [-0.15, -0.1) is 0 Å². The maximum absolute atomic E-state index is 5.84. The normalized spacial score (nSPS) is 12.4. The zero-order valence-electron chi connectivity index (χ0n) is 10.9. The predicted molar refractivity (Wildman–Crippen MR) is 74.9 cm³/mol. The summed E-state index contributed by atoms with van der Waals surface area (Å²) in [5.74, 6) is 1.84. The lowest BCUT2D eigenvalue weighted by Gasteiger charge is -2.13. The molecular formula is C13H16BrN3O2. The molecule has 2 rings (SSSR count). The number of aryl methyl sites for hydroxylation is 1. The molecule has 2 N–H and O–H groups in total. The Morgan fingerprint density at radius 2 is 2.26 bits per heavy atom. The minimum atomic E-state index is 0.0732. The van der Waals surface area contributed by atoms with Gasteiger partial charge in [0.25, 0.3) is 0 Å². The fourth-order valence-corrected chi connectivity index (χ4v) is 2.28. The lowest BCUT2D eigenvalue weighted by atomic mass is 10.1. The van der Waals surface area contributed by atoms with Gasteiger partial charge in [0.2, 0.25) is 11.7 Å². The Hall–Kier alpha value is -1.40. The number of para-hydroxylation sites is 1. The zero-order valence-corrected chi connectivity index (χ0v) is 12.5. The van der Waals surface area contributed by atoms with Gasteiger partial charge >= 0.3 is 0 Å². The van der Waals surface area contributed by atoms with Gasteiger partial charge in [0.05, 0.1) is 4.47 Å². The van der Waals surface area contributed by atoms with Gasteiger partial charge in [0.1, 0.15) is 5.75 Å². The van der Waals surface area contributed by atoms with Crippen LogP contribution in [0.2, 0.25) is 0 Å². The Kier molecular flexibility index (Phi) is 4.55. The smallest absolute Gasteiger partial charge is 0.223 e. The van der Waals surface area contributed by atoms with Crippen molar-refractivity contribution in [3.8, 4) is 5.75 Å². The van der Waals surface area contributed by atoms with Crippen LogP contribution in [0.25, 0.3) is 0 Å². The molecule has 0 aliphatic carbocycles. The van der Waals surface area contributed by atoms with Crippen molar-refractivity contribution >= 4 is 15.9 Å². The van der Waals surface area contributed by atoms with E-state index in [2.05, 4.69) is 26.1 Å². The fourth-order valence-electron chi connectivity index (χ4n) is 1.76. The molecule has 0 aliphatic heterocycles. The summed E-state index contributed by atoms with van der Waals surface area (Å²) >= 11 is 3.49. The molecule has 0 aliphatic rings. The molecule has 6 heteroatoms. The first-order valence-electron chi connectivity index (χ1n) is 6.01. The molecule has 1 aromatic carbocycles. The molecule has 102 valence electrons. The number of hydrogen-bond donors (Lipinski definition) is 1. The third-order valence-electron chi connectivity index (χ3n) is 2.51. The van der Waals surface area contributed by atoms with Gasteiger partial charge in [-0.05, 0) is 40.9 Å². The van der Waals surface area contributed by atoms with Crippen LogP contribution in [0.15, 0.2) is 27.2 Å². The number of halogens is 1. The van der Waals surface area contributed by atoms with Gasteiger partial charge in [0.15, 0.2) is 6.61 Å². The predicted octanol–water partition coefficient (Wildman–Crippen LogP) is 2.61. The van der Waals surface area contributed by atoms with E-state index < -0.39 is 0 Å². The van der Waals surface area contributed by atoms with E-state index in [0.717, 1.165) is 22.2 Å². The molecule has 1 unspecified atom stereocenters. The quantitative estimate of drug-likeness (QED) is 0.914. The van der Waals surface area contributed by atoms with Crippen LogP contribution in [-0.2, 0) is 13.0 Å². The molecule has 0 amide bonds. The number of hydrogen-bond acceptors (Lipinski definition) is 5. The topological polar surface area (TPSA) is 74.2 Å². The van der Waals surface area contributed by atoms with Crippen molar-refractivity contribution in [1.82, 2.24) is 10.1 Å². The van der Waals surface area contributed by atoms with Crippen molar-refractivity contribution in [1.29, 1.82) is 0 Å². The first kappa shape index (κ1) is 14.0. The second-order valence-corrected chi connectivity index (χ2v) is 5.28. The Bertz CT molecular complexity index is 555. The van der Waals surface area contributed by atoms with Crippen molar-refractivity contribution in [2.75, 3.05) is 0 Å². The molecule has 1 aromatic heterocycles. The minimum absolute atomic E-state index is 0.0732. The average Bonchev–Trinajstić information content (AvgIpc) is 2.73. The summed E-state index contributed by atoms with van der Waals surface area (Å²) in [5, 5.41) is 3.80. The zero-order chi connectivity index (χ0) is 13.8. The molecule has 5 nitrogen and oxygen atoms in total. The van der Waals surface area contributed by atoms with E-state index in [4.69, 9.17) is 15.0 Å². The van der Waals surface area contributed by atoms with Crippen molar-refractivity contribution in [3.63, 3.8) is 0 Å². The molecule has 0 radical (unpaired) electrons. The number of aromatic nitrogens is 2. The number of ether oxygens (including phenoxy) is 1. The molecule has 0 fully saturated rings. The van der Waals surface area contributed by atoms with Crippen LogP contribution in [0, 0.1) is 6.92 Å². The number of rotatable bonds is 5. The second kappa shape index (κ2) is 6.16. The highest BCUT2D eigenvalue weighted by atomic mass is 79.9. The van der Waals surface area contributed by atoms with E-state index in [0.29, 0.717) is 11.7 Å². The molecule has 0 bridgehead atoms. The van der Waals surface area contributed by atoms with Gasteiger partial charge in [-0.25, -0.2) is 0 Å². The lowest BCUT2D eigenvalue weighted by Crippen LogP contribution is -2.18. The van der Waals surface area contributed by atoms with E-state index in [1.807, 2.05) is 25.1 Å². The van der Waals surface area contributed by atoms with Crippen molar-refractivity contribution < 1.29 is 9.26 Å². The number of nitrogens with two attached hydrogens (primary N) is 1. The molecule has 19 heavy (non-hydrogen) atoms. The summed E-state index contributed by atoms with van der Waals surface area (Å²) < 4.78 is 11.6. The molecule has 0 spiro atoms. The monoisotopic (exact) mass is 325 g/mol. The Morgan fingerprint density at radius 1 is 1.47 bits per heavy atom. The first-order valence-corrected chi connectivity index (χ1v) is 6.80. The van der Waals surface area contributed by atoms with E-state index >= 15 is 0 Å². The maximum atomic E-state index is 5.84. The van der Waals surface area contributed by atoms with Crippen LogP contribution >= 0.6 is 15.9 Å². The van der Waals surface area contributed by atoms with Crippen LogP contribution < -0.4 is 10.5 Å². The van der Waals surface area contributed by atoms with Crippen LogP contribution in [0.3, 0.4) is 0 Å². The van der Waals surface area contributed by atoms with Gasteiger partial charge in [-0.1, -0.05) is 17.3 Å². The number of benzene rings is 1. The number of nitrogens with zero attached hydrogens (tertiary/aromatic N) is 2. The molecular weight excluding hydrogens is 310 g/mol. The van der Waals surface area contributed by atoms with Gasteiger partial charge in [0, 0.05) is 13.0 Å². The highest BCUT2D eigenvalue weighted by Crippen LogP contribution is 2.30. The average molecular weight is 326 g/mol. The lowest BCUT2D eigenvalue weighted by molar-refractivity contribution is 0.281. The molecule has 2 aromatic rings. The summed E-state index contributed by atoms with van der Waals surface area (Å²) in [6.07, 6.45) is 0.750. The Balaban J connectivity index is 2.14. The molecule has 1 heterocycles. The Labute approximate surface area is 120 Å². The third-order valence-corrected chi connectivity index (χ3v) is 3.13. The highest BCUT2D eigenvalue weighted by Gasteiger charge is 2.11. The molecule has 1 atom stereocenters. The molecule has 0 saturated heterocycles. The maximum Gasteiger partial charge on any atom is 0.223 e. The van der Waals surface area contributed by atoms with Crippen LogP contribution in [0.5, 0.6) is 5.75 Å². The fraction of sp³-hybridized carbons (Fsp3) is 0.385. The van der Waals surface area contributed by atoms with Gasteiger partial charge in [-0.3, -0.25) is 0 Å². The summed E-state index contributed by atoms with van der Waals surface area (Å²) in [7, 11) is 0. The van der Waals surface area contributed by atoms with Gasteiger partial charge < -0.3 is 15.0 Å². The van der Waals surface area contributed by atoms with E-state index in [9.17, 15) is 0 Å². The van der Waals surface area contributed by atoms with Crippen LogP contribution in [-0.4, -0.2) is 16.2 Å². The summed E-state index contributed by atoms with van der Waals surface area (Å²) in [5.41, 5.74) is 6.90. The summed E-state index contributed by atoms with van der Waals surface area (Å²) in [4.78, 5) is 4.10. The first-order chi connectivity index (χ1) is 9.06. The standard InChI is InChI=1S/C13H16BrN3O2/c1-8(15)6-10-4-3-5-11(14)13(10)18-7-12-16-9(2)19-17-12/h3-5,8H,6-7,15H2,1-2H3.